The standard InChI is InChI=1S/C15H24N2S/c1-10-5-6-18-14(10)11(2)17-9-12-7-16-8-13(12)15(17,3)4/h5-6,11-13,16H,7-9H2,1-4H3. The highest BCUT2D eigenvalue weighted by molar-refractivity contribution is 7.10. The van der Waals surface area contributed by atoms with Crippen LogP contribution in [0.3, 0.4) is 0 Å². The molecular weight excluding hydrogens is 240 g/mol. The van der Waals surface area contributed by atoms with Crippen molar-refractivity contribution in [2.24, 2.45) is 11.8 Å². The zero-order chi connectivity index (χ0) is 12.9. The first-order valence-electron chi connectivity index (χ1n) is 7.03. The smallest absolute Gasteiger partial charge is 0.0421 e. The van der Waals surface area contributed by atoms with Crippen molar-refractivity contribution in [2.45, 2.75) is 39.3 Å². The number of nitrogens with zero attached hydrogens (tertiary/aromatic N) is 1. The van der Waals surface area contributed by atoms with Crippen molar-refractivity contribution in [1.29, 1.82) is 0 Å². The molecule has 0 amide bonds. The lowest BCUT2D eigenvalue weighted by Crippen LogP contribution is -2.45. The largest absolute Gasteiger partial charge is 0.316 e. The van der Waals surface area contributed by atoms with Gasteiger partial charge in [0, 0.05) is 29.5 Å². The van der Waals surface area contributed by atoms with Crippen LogP contribution in [0.2, 0.25) is 0 Å². The van der Waals surface area contributed by atoms with E-state index in [2.05, 4.69) is 49.4 Å². The van der Waals surface area contributed by atoms with Crippen LogP contribution in [0.5, 0.6) is 0 Å². The lowest BCUT2D eigenvalue weighted by atomic mass is 9.84. The molecule has 0 aliphatic carbocycles. The molecule has 2 aliphatic rings. The molecule has 0 aromatic carbocycles. The second kappa shape index (κ2) is 4.32. The maximum Gasteiger partial charge on any atom is 0.0421 e. The third kappa shape index (κ3) is 1.75. The highest BCUT2D eigenvalue weighted by Gasteiger charge is 2.51. The topological polar surface area (TPSA) is 15.3 Å². The Kier molecular flexibility index (Phi) is 3.04. The highest BCUT2D eigenvalue weighted by atomic mass is 32.1. The van der Waals surface area contributed by atoms with E-state index in [-0.39, 0.29) is 0 Å². The Hall–Kier alpha value is -0.380. The Bertz CT molecular complexity index is 437. The van der Waals surface area contributed by atoms with Crippen molar-refractivity contribution < 1.29 is 0 Å². The van der Waals surface area contributed by atoms with Gasteiger partial charge in [0.2, 0.25) is 0 Å². The number of fused-ring (bicyclic) bond motifs is 1. The summed E-state index contributed by atoms with van der Waals surface area (Å²) in [6, 6.07) is 2.81. The van der Waals surface area contributed by atoms with Gasteiger partial charge in [-0.1, -0.05) is 0 Å². The van der Waals surface area contributed by atoms with Crippen LogP contribution < -0.4 is 5.32 Å². The van der Waals surface area contributed by atoms with Crippen molar-refractivity contribution in [3.8, 4) is 0 Å². The minimum absolute atomic E-state index is 0.323. The van der Waals surface area contributed by atoms with Crippen LogP contribution in [-0.2, 0) is 0 Å². The van der Waals surface area contributed by atoms with Crippen LogP contribution in [0.4, 0.5) is 0 Å². The summed E-state index contributed by atoms with van der Waals surface area (Å²) in [6.45, 7) is 13.2. The van der Waals surface area contributed by atoms with Crippen molar-refractivity contribution in [2.75, 3.05) is 19.6 Å². The molecule has 18 heavy (non-hydrogen) atoms. The predicted molar refractivity (Wildman–Crippen MR) is 78.1 cm³/mol. The van der Waals surface area contributed by atoms with Crippen molar-refractivity contribution in [3.05, 3.63) is 21.9 Å². The second-order valence-corrected chi connectivity index (χ2v) is 7.42. The van der Waals surface area contributed by atoms with E-state index in [4.69, 9.17) is 0 Å². The van der Waals surface area contributed by atoms with Gasteiger partial charge in [0.25, 0.3) is 0 Å². The number of hydrogen-bond donors (Lipinski definition) is 1. The average molecular weight is 264 g/mol. The summed E-state index contributed by atoms with van der Waals surface area (Å²) in [7, 11) is 0. The first-order chi connectivity index (χ1) is 8.51. The molecule has 2 fully saturated rings. The first kappa shape index (κ1) is 12.6. The van der Waals surface area contributed by atoms with Gasteiger partial charge < -0.3 is 5.32 Å². The maximum absolute atomic E-state index is 3.56. The molecule has 2 saturated heterocycles. The fourth-order valence-electron chi connectivity index (χ4n) is 4.06. The lowest BCUT2D eigenvalue weighted by Gasteiger charge is -2.39. The summed E-state index contributed by atoms with van der Waals surface area (Å²) >= 11 is 1.92. The normalized spacial score (nSPS) is 32.7. The van der Waals surface area contributed by atoms with Crippen molar-refractivity contribution >= 4 is 11.3 Å². The Labute approximate surface area is 114 Å². The van der Waals surface area contributed by atoms with Gasteiger partial charge in [-0.25, -0.2) is 0 Å². The first-order valence-corrected chi connectivity index (χ1v) is 7.91. The molecule has 0 spiro atoms. The average Bonchev–Trinajstić information content (AvgIpc) is 2.96. The van der Waals surface area contributed by atoms with E-state index in [0.29, 0.717) is 11.6 Å². The molecule has 3 heterocycles. The Morgan fingerprint density at radius 1 is 1.44 bits per heavy atom. The van der Waals surface area contributed by atoms with Crippen LogP contribution in [0, 0.1) is 18.8 Å². The number of nitrogens with one attached hydrogen (secondary N) is 1. The molecule has 0 radical (unpaired) electrons. The van der Waals surface area contributed by atoms with E-state index < -0.39 is 0 Å². The van der Waals surface area contributed by atoms with Crippen LogP contribution in [0.25, 0.3) is 0 Å². The summed E-state index contributed by atoms with van der Waals surface area (Å²) in [4.78, 5) is 4.29. The van der Waals surface area contributed by atoms with Gasteiger partial charge in [0.15, 0.2) is 0 Å². The molecule has 3 unspecified atom stereocenters. The molecule has 1 N–H and O–H groups in total. The predicted octanol–water partition coefficient (Wildman–Crippen LogP) is 3.05. The van der Waals surface area contributed by atoms with E-state index in [1.54, 1.807) is 4.88 Å². The fraction of sp³-hybridized carbons (Fsp3) is 0.733. The van der Waals surface area contributed by atoms with E-state index in [1.165, 1.54) is 25.2 Å². The van der Waals surface area contributed by atoms with Gasteiger partial charge in [0.1, 0.15) is 0 Å². The van der Waals surface area contributed by atoms with Crippen molar-refractivity contribution in [1.82, 2.24) is 10.2 Å². The summed E-state index contributed by atoms with van der Waals surface area (Å²) in [5, 5.41) is 5.79. The molecule has 2 aliphatic heterocycles. The number of aryl methyl sites for hydroxylation is 1. The van der Waals surface area contributed by atoms with E-state index in [1.807, 2.05) is 11.3 Å². The summed E-state index contributed by atoms with van der Waals surface area (Å²) < 4.78 is 0. The maximum atomic E-state index is 3.56. The molecule has 2 nitrogen and oxygen atoms in total. The summed E-state index contributed by atoms with van der Waals surface area (Å²) in [5.41, 5.74) is 1.78. The molecular formula is C15H24N2S. The lowest BCUT2D eigenvalue weighted by molar-refractivity contribution is 0.0984. The Morgan fingerprint density at radius 3 is 2.83 bits per heavy atom. The minimum Gasteiger partial charge on any atom is -0.316 e. The molecule has 100 valence electrons. The molecule has 0 saturated carbocycles. The van der Waals surface area contributed by atoms with Gasteiger partial charge in [-0.3, -0.25) is 4.90 Å². The number of thiophene rings is 1. The van der Waals surface area contributed by atoms with Crippen LogP contribution >= 0.6 is 11.3 Å². The van der Waals surface area contributed by atoms with E-state index >= 15 is 0 Å². The summed E-state index contributed by atoms with van der Waals surface area (Å²) in [6.07, 6.45) is 0. The molecule has 1 aromatic rings. The van der Waals surface area contributed by atoms with Gasteiger partial charge in [0.05, 0.1) is 0 Å². The van der Waals surface area contributed by atoms with Crippen LogP contribution in [-0.4, -0.2) is 30.1 Å². The quantitative estimate of drug-likeness (QED) is 0.883. The molecule has 3 rings (SSSR count). The molecule has 0 bridgehead atoms. The molecule has 1 aromatic heterocycles. The minimum atomic E-state index is 0.323. The zero-order valence-electron chi connectivity index (χ0n) is 11.9. The van der Waals surface area contributed by atoms with Crippen LogP contribution in [0.1, 0.15) is 37.3 Å². The Morgan fingerprint density at radius 2 is 2.22 bits per heavy atom. The third-order valence-electron chi connectivity index (χ3n) is 5.17. The van der Waals surface area contributed by atoms with Crippen molar-refractivity contribution in [3.63, 3.8) is 0 Å². The Balaban J connectivity index is 1.87. The number of rotatable bonds is 2. The molecule has 3 heteroatoms. The van der Waals surface area contributed by atoms with Crippen LogP contribution in [0.15, 0.2) is 11.4 Å². The summed E-state index contributed by atoms with van der Waals surface area (Å²) in [5.74, 6) is 1.67. The van der Waals surface area contributed by atoms with Gasteiger partial charge in [-0.2, -0.15) is 0 Å². The third-order valence-corrected chi connectivity index (χ3v) is 6.36. The zero-order valence-corrected chi connectivity index (χ0v) is 12.7. The number of likely N-dealkylation sites (tertiary alicyclic amines) is 1. The van der Waals surface area contributed by atoms with E-state index in [0.717, 1.165) is 11.8 Å². The molecule has 3 atom stereocenters. The van der Waals surface area contributed by atoms with E-state index in [9.17, 15) is 0 Å². The highest BCUT2D eigenvalue weighted by Crippen LogP contribution is 2.45. The SMILES string of the molecule is Cc1ccsc1C(C)N1CC2CNCC2C1(C)C. The monoisotopic (exact) mass is 264 g/mol. The second-order valence-electron chi connectivity index (χ2n) is 6.47. The fourth-order valence-corrected chi connectivity index (χ4v) is 5.06. The van der Waals surface area contributed by atoms with Gasteiger partial charge in [-0.05, 0) is 63.1 Å². The van der Waals surface area contributed by atoms with Gasteiger partial charge >= 0.3 is 0 Å². The van der Waals surface area contributed by atoms with Gasteiger partial charge in [-0.15, -0.1) is 11.3 Å². The number of hydrogen-bond acceptors (Lipinski definition) is 3.